The molecule has 6 heteroatoms. The van der Waals surface area contributed by atoms with Gasteiger partial charge in [0, 0.05) is 32.0 Å². The number of piperidine rings is 1. The number of amides is 1. The third-order valence-electron chi connectivity index (χ3n) is 5.38. The molecule has 4 rings (SSSR count). The number of nitrogens with zero attached hydrogens (tertiary/aromatic N) is 4. The first kappa shape index (κ1) is 18.5. The molecule has 0 radical (unpaired) electrons. The van der Waals surface area contributed by atoms with Crippen molar-refractivity contribution in [3.63, 3.8) is 0 Å². The number of aromatic nitrogens is 3. The van der Waals surface area contributed by atoms with Gasteiger partial charge in [-0.15, -0.1) is 0 Å². The number of hydrogen-bond donors (Lipinski definition) is 0. The van der Waals surface area contributed by atoms with Gasteiger partial charge in [-0.25, -0.2) is 0 Å². The Morgan fingerprint density at radius 1 is 1.21 bits per heavy atom. The van der Waals surface area contributed by atoms with Crippen LogP contribution in [0.25, 0.3) is 16.9 Å². The number of rotatable bonds is 4. The molecule has 146 valence electrons. The van der Waals surface area contributed by atoms with E-state index >= 15 is 0 Å². The molecule has 0 spiro atoms. The first-order chi connectivity index (χ1) is 13.6. The summed E-state index contributed by atoms with van der Waals surface area (Å²) in [4.78, 5) is 28.3. The molecule has 0 saturated carbocycles. The normalized spacial score (nSPS) is 17.2. The van der Waals surface area contributed by atoms with E-state index < -0.39 is 0 Å². The number of carbonyl (C=O) groups excluding carboxylic acids is 1. The fourth-order valence-electron chi connectivity index (χ4n) is 3.99. The second kappa shape index (κ2) is 7.62. The molecule has 6 nitrogen and oxygen atoms in total. The molecule has 0 unspecified atom stereocenters. The number of para-hydroxylation sites is 1. The van der Waals surface area contributed by atoms with E-state index in [1.54, 1.807) is 0 Å². The van der Waals surface area contributed by atoms with Gasteiger partial charge in [0.15, 0.2) is 0 Å². The molecule has 3 aliphatic heterocycles. The van der Waals surface area contributed by atoms with Gasteiger partial charge in [-0.1, -0.05) is 32.0 Å². The summed E-state index contributed by atoms with van der Waals surface area (Å²) in [5.41, 5.74) is 2.02. The Labute approximate surface area is 164 Å². The second-order valence-corrected chi connectivity index (χ2v) is 7.72. The van der Waals surface area contributed by atoms with Gasteiger partial charge < -0.3 is 9.47 Å². The van der Waals surface area contributed by atoms with Crippen LogP contribution in [0.5, 0.6) is 0 Å². The summed E-state index contributed by atoms with van der Waals surface area (Å²) in [6.45, 7) is 6.53. The summed E-state index contributed by atoms with van der Waals surface area (Å²) < 4.78 is 3.35. The molecule has 1 fully saturated rings. The van der Waals surface area contributed by atoms with E-state index in [0.717, 1.165) is 38.9 Å². The standard InChI is InChI=1S/C22H26N4O2/c1-3-11-24-14-18(21(27)25-12-7-8-16(2)13-25)20-19(15-24)22(28)26(23-20)17-9-5-4-6-10-17/h4-6,9-10,14-16H,3,7-8,11-13H2,1-2H3/t16-/m1/s1. The lowest BCUT2D eigenvalue weighted by molar-refractivity contribution is 0.0682. The highest BCUT2D eigenvalue weighted by Gasteiger charge is 2.29. The summed E-state index contributed by atoms with van der Waals surface area (Å²) in [7, 11) is 0. The second-order valence-electron chi connectivity index (χ2n) is 7.72. The monoisotopic (exact) mass is 378 g/mol. The topological polar surface area (TPSA) is 60.1 Å². The summed E-state index contributed by atoms with van der Waals surface area (Å²) in [5, 5.41) is 4.56. The zero-order valence-corrected chi connectivity index (χ0v) is 16.5. The maximum Gasteiger partial charge on any atom is 0.282 e. The summed E-state index contributed by atoms with van der Waals surface area (Å²) in [6.07, 6.45) is 6.77. The largest absolute Gasteiger partial charge is 0.353 e. The minimum atomic E-state index is -0.187. The van der Waals surface area contributed by atoms with Crippen LogP contribution in [0.4, 0.5) is 0 Å². The predicted octanol–water partition coefficient (Wildman–Crippen LogP) is 3.42. The molecule has 0 bridgehead atoms. The Morgan fingerprint density at radius 3 is 2.71 bits per heavy atom. The zero-order valence-electron chi connectivity index (χ0n) is 16.5. The SMILES string of the molecule is CCCn1cc(C(=O)N2CCC[C@@H](C)C2)c2nn(-c3ccccc3)c(=O)c-2c1. The zero-order chi connectivity index (χ0) is 19.7. The third-order valence-corrected chi connectivity index (χ3v) is 5.38. The minimum Gasteiger partial charge on any atom is -0.353 e. The van der Waals surface area contributed by atoms with Crippen LogP contribution in [0.1, 0.15) is 43.5 Å². The van der Waals surface area contributed by atoms with E-state index in [-0.39, 0.29) is 11.5 Å². The molecule has 3 heterocycles. The molecule has 1 aromatic rings. The molecular formula is C22H26N4O2. The van der Waals surface area contributed by atoms with Crippen molar-refractivity contribution in [1.82, 2.24) is 19.2 Å². The van der Waals surface area contributed by atoms with Gasteiger partial charge in [-0.2, -0.15) is 9.78 Å². The Morgan fingerprint density at radius 2 is 2.00 bits per heavy atom. The van der Waals surface area contributed by atoms with Crippen molar-refractivity contribution in [3.8, 4) is 16.9 Å². The van der Waals surface area contributed by atoms with Crippen LogP contribution < -0.4 is 5.56 Å². The summed E-state index contributed by atoms with van der Waals surface area (Å²) >= 11 is 0. The van der Waals surface area contributed by atoms with Crippen LogP contribution in [-0.2, 0) is 6.54 Å². The van der Waals surface area contributed by atoms with Gasteiger partial charge in [0.25, 0.3) is 11.5 Å². The van der Waals surface area contributed by atoms with Gasteiger partial charge in [-0.05, 0) is 37.3 Å². The maximum absolute atomic E-state index is 13.3. The fraction of sp³-hybridized carbons (Fsp3) is 0.409. The molecule has 1 saturated heterocycles. The average Bonchev–Trinajstić information content (AvgIpc) is 3.04. The van der Waals surface area contributed by atoms with Crippen molar-refractivity contribution >= 4 is 5.91 Å². The van der Waals surface area contributed by atoms with E-state index in [0.29, 0.717) is 28.4 Å². The molecule has 0 aliphatic carbocycles. The third kappa shape index (κ3) is 3.35. The van der Waals surface area contributed by atoms with Crippen LogP contribution in [-0.4, -0.2) is 38.2 Å². The van der Waals surface area contributed by atoms with Crippen LogP contribution in [0, 0.1) is 5.92 Å². The van der Waals surface area contributed by atoms with Crippen molar-refractivity contribution in [1.29, 1.82) is 0 Å². The van der Waals surface area contributed by atoms with E-state index in [1.165, 1.54) is 4.68 Å². The molecule has 1 atom stereocenters. The fourth-order valence-corrected chi connectivity index (χ4v) is 3.99. The minimum absolute atomic E-state index is 0.0280. The quantitative estimate of drug-likeness (QED) is 0.699. The van der Waals surface area contributed by atoms with Crippen LogP contribution in [0.15, 0.2) is 47.5 Å². The number of likely N-dealkylation sites (tertiary alicyclic amines) is 1. The van der Waals surface area contributed by atoms with Crippen LogP contribution in [0.3, 0.4) is 0 Å². The lowest BCUT2D eigenvalue weighted by Crippen LogP contribution is -2.39. The van der Waals surface area contributed by atoms with Crippen molar-refractivity contribution in [2.75, 3.05) is 13.1 Å². The number of aryl methyl sites for hydroxylation is 1. The van der Waals surface area contributed by atoms with Crippen LogP contribution >= 0.6 is 0 Å². The molecule has 3 aliphatic rings. The number of pyridine rings is 1. The summed E-state index contributed by atoms with van der Waals surface area (Å²) in [5.74, 6) is 0.469. The lowest BCUT2D eigenvalue weighted by atomic mass is 9.99. The average molecular weight is 378 g/mol. The van der Waals surface area contributed by atoms with Crippen molar-refractivity contribution < 1.29 is 4.79 Å². The van der Waals surface area contributed by atoms with E-state index in [4.69, 9.17) is 0 Å². The number of hydrogen-bond acceptors (Lipinski definition) is 3. The molecule has 1 amide bonds. The first-order valence-electron chi connectivity index (χ1n) is 10.1. The highest BCUT2D eigenvalue weighted by atomic mass is 16.2. The van der Waals surface area contributed by atoms with Gasteiger partial charge >= 0.3 is 0 Å². The molecular weight excluding hydrogens is 352 g/mol. The Bertz CT molecular complexity index is 1010. The molecule has 1 aromatic carbocycles. The van der Waals surface area contributed by atoms with E-state index in [1.807, 2.05) is 52.2 Å². The molecule has 28 heavy (non-hydrogen) atoms. The Hall–Kier alpha value is -2.89. The molecule has 0 N–H and O–H groups in total. The van der Waals surface area contributed by atoms with Crippen molar-refractivity contribution in [2.45, 2.75) is 39.7 Å². The van der Waals surface area contributed by atoms with Crippen LogP contribution in [0.2, 0.25) is 0 Å². The van der Waals surface area contributed by atoms with Gasteiger partial charge in [0.05, 0.1) is 16.8 Å². The number of benzene rings is 1. The smallest absolute Gasteiger partial charge is 0.282 e. The highest BCUT2D eigenvalue weighted by molar-refractivity contribution is 6.00. The number of carbonyl (C=O) groups is 1. The lowest BCUT2D eigenvalue weighted by Gasteiger charge is -2.31. The van der Waals surface area contributed by atoms with Gasteiger partial charge in [-0.3, -0.25) is 9.59 Å². The summed E-state index contributed by atoms with van der Waals surface area (Å²) in [6, 6.07) is 9.35. The first-order valence-corrected chi connectivity index (χ1v) is 10.1. The van der Waals surface area contributed by atoms with E-state index in [2.05, 4.69) is 18.9 Å². The van der Waals surface area contributed by atoms with Crippen molar-refractivity contribution in [2.24, 2.45) is 5.92 Å². The predicted molar refractivity (Wildman–Crippen MR) is 109 cm³/mol. The number of fused-ring (bicyclic) bond motifs is 1. The van der Waals surface area contributed by atoms with Gasteiger partial charge in [0.2, 0.25) is 0 Å². The Balaban J connectivity index is 1.84. The van der Waals surface area contributed by atoms with Crippen molar-refractivity contribution in [3.05, 3.63) is 58.6 Å². The maximum atomic E-state index is 13.3. The van der Waals surface area contributed by atoms with E-state index in [9.17, 15) is 9.59 Å². The van der Waals surface area contributed by atoms with Gasteiger partial charge in [0.1, 0.15) is 5.69 Å². The highest BCUT2D eigenvalue weighted by Crippen LogP contribution is 2.26. The molecule has 0 aromatic heterocycles. The Kier molecular flexibility index (Phi) is 5.03.